The van der Waals surface area contributed by atoms with Gasteiger partial charge in [-0.1, -0.05) is 29.8 Å². The van der Waals surface area contributed by atoms with Crippen molar-refractivity contribution in [3.63, 3.8) is 0 Å². The van der Waals surface area contributed by atoms with Crippen molar-refractivity contribution in [3.8, 4) is 0 Å². The van der Waals surface area contributed by atoms with Crippen molar-refractivity contribution in [3.05, 3.63) is 75.5 Å². The lowest BCUT2D eigenvalue weighted by Gasteiger charge is -2.18. The molecule has 1 aromatic carbocycles. The Hall–Kier alpha value is -2.18. The molecule has 3 aromatic rings. The van der Waals surface area contributed by atoms with Crippen LogP contribution >= 0.6 is 22.9 Å². The molecule has 0 bridgehead atoms. The van der Waals surface area contributed by atoms with E-state index in [0.717, 1.165) is 10.4 Å². The van der Waals surface area contributed by atoms with Gasteiger partial charge in [0.1, 0.15) is 5.82 Å². The highest BCUT2D eigenvalue weighted by Crippen LogP contribution is 2.26. The van der Waals surface area contributed by atoms with Crippen LogP contribution in [0.4, 0.5) is 4.39 Å². The summed E-state index contributed by atoms with van der Waals surface area (Å²) in [6.07, 6.45) is 3.49. The van der Waals surface area contributed by atoms with Crippen molar-refractivity contribution in [2.24, 2.45) is 0 Å². The van der Waals surface area contributed by atoms with Crippen LogP contribution in [-0.4, -0.2) is 15.7 Å². The molecule has 0 aliphatic heterocycles. The highest BCUT2D eigenvalue weighted by molar-refractivity contribution is 7.10. The molecular weight excluding hydrogens is 349 g/mol. The van der Waals surface area contributed by atoms with Gasteiger partial charge in [0.25, 0.3) is 0 Å². The smallest absolute Gasteiger partial charge is 0.222 e. The number of carbonyl (C=O) groups is 1. The third-order valence-corrected chi connectivity index (χ3v) is 4.64. The molecule has 0 radical (unpaired) electrons. The number of benzene rings is 1. The van der Waals surface area contributed by atoms with E-state index in [1.165, 1.54) is 18.3 Å². The molecule has 0 fully saturated rings. The molecule has 3 rings (SSSR count). The van der Waals surface area contributed by atoms with Crippen molar-refractivity contribution in [1.82, 2.24) is 15.1 Å². The number of carbonyl (C=O) groups excluding carboxylic acids is 1. The first-order chi connectivity index (χ1) is 11.6. The van der Waals surface area contributed by atoms with Crippen LogP contribution in [-0.2, 0) is 11.3 Å². The number of hydrogen-bond donors (Lipinski definition) is 1. The molecule has 0 aliphatic carbocycles. The normalized spacial score (nSPS) is 12.1. The highest BCUT2D eigenvalue weighted by Gasteiger charge is 2.18. The van der Waals surface area contributed by atoms with Crippen LogP contribution in [0.1, 0.15) is 22.9 Å². The number of hydrogen-bond acceptors (Lipinski definition) is 3. The zero-order chi connectivity index (χ0) is 16.9. The van der Waals surface area contributed by atoms with Crippen molar-refractivity contribution in [2.45, 2.75) is 19.0 Å². The Kier molecular flexibility index (Phi) is 5.27. The van der Waals surface area contributed by atoms with Gasteiger partial charge < -0.3 is 5.32 Å². The number of aromatic nitrogens is 2. The predicted octanol–water partition coefficient (Wildman–Crippen LogP) is 4.03. The average molecular weight is 364 g/mol. The van der Waals surface area contributed by atoms with E-state index in [2.05, 4.69) is 10.4 Å². The second-order valence-electron chi connectivity index (χ2n) is 5.24. The van der Waals surface area contributed by atoms with Gasteiger partial charge >= 0.3 is 0 Å². The molecule has 1 N–H and O–H groups in total. The minimum Gasteiger partial charge on any atom is -0.344 e. The molecule has 0 aliphatic rings. The summed E-state index contributed by atoms with van der Waals surface area (Å²) in [5.74, 6) is -0.407. The van der Waals surface area contributed by atoms with E-state index >= 15 is 0 Å². The van der Waals surface area contributed by atoms with Crippen LogP contribution < -0.4 is 5.32 Å². The number of aryl methyl sites for hydroxylation is 1. The van der Waals surface area contributed by atoms with E-state index in [-0.39, 0.29) is 24.2 Å². The van der Waals surface area contributed by atoms with Crippen LogP contribution in [0.5, 0.6) is 0 Å². The molecule has 0 unspecified atom stereocenters. The van der Waals surface area contributed by atoms with E-state index in [0.29, 0.717) is 11.6 Å². The molecule has 124 valence electrons. The predicted molar refractivity (Wildman–Crippen MR) is 92.6 cm³/mol. The van der Waals surface area contributed by atoms with Crippen molar-refractivity contribution >= 4 is 28.8 Å². The fourth-order valence-electron chi connectivity index (χ4n) is 2.34. The quantitative estimate of drug-likeness (QED) is 0.718. The Balaban J connectivity index is 1.69. The molecule has 4 nitrogen and oxygen atoms in total. The number of rotatable bonds is 6. The first kappa shape index (κ1) is 16.7. The van der Waals surface area contributed by atoms with Crippen LogP contribution in [0.3, 0.4) is 0 Å². The summed E-state index contributed by atoms with van der Waals surface area (Å²) in [4.78, 5) is 13.3. The molecular formula is C17H15ClFN3OS. The Morgan fingerprint density at radius 2 is 2.12 bits per heavy atom. The van der Waals surface area contributed by atoms with Gasteiger partial charge in [-0.15, -0.1) is 11.3 Å². The zero-order valence-electron chi connectivity index (χ0n) is 12.7. The van der Waals surface area contributed by atoms with E-state index in [9.17, 15) is 9.18 Å². The van der Waals surface area contributed by atoms with Gasteiger partial charge in [0.2, 0.25) is 5.91 Å². The van der Waals surface area contributed by atoms with E-state index in [1.807, 2.05) is 17.5 Å². The van der Waals surface area contributed by atoms with Gasteiger partial charge in [-0.2, -0.15) is 5.10 Å². The SMILES string of the molecule is O=C(CCn1cc(Cl)cn1)N[C@@H](c1ccc(F)cc1)c1cccs1. The maximum absolute atomic E-state index is 13.2. The first-order valence-corrected chi connectivity index (χ1v) is 8.64. The van der Waals surface area contributed by atoms with Gasteiger partial charge in [0.15, 0.2) is 0 Å². The molecule has 0 saturated heterocycles. The molecule has 2 heterocycles. The van der Waals surface area contributed by atoms with Gasteiger partial charge in [-0.25, -0.2) is 4.39 Å². The fourth-order valence-corrected chi connectivity index (χ4v) is 3.30. The Morgan fingerprint density at radius 3 is 2.75 bits per heavy atom. The lowest BCUT2D eigenvalue weighted by molar-refractivity contribution is -0.121. The molecule has 1 amide bonds. The minimum absolute atomic E-state index is 0.107. The Morgan fingerprint density at radius 1 is 1.33 bits per heavy atom. The summed E-state index contributed by atoms with van der Waals surface area (Å²) in [5.41, 5.74) is 0.842. The topological polar surface area (TPSA) is 46.9 Å². The van der Waals surface area contributed by atoms with E-state index in [4.69, 9.17) is 11.6 Å². The van der Waals surface area contributed by atoms with Gasteiger partial charge in [0.05, 0.1) is 17.3 Å². The summed E-state index contributed by atoms with van der Waals surface area (Å²) in [6.45, 7) is 0.444. The number of nitrogens with zero attached hydrogens (tertiary/aromatic N) is 2. The third-order valence-electron chi connectivity index (χ3n) is 3.51. The van der Waals surface area contributed by atoms with Gasteiger partial charge in [-0.3, -0.25) is 9.48 Å². The summed E-state index contributed by atoms with van der Waals surface area (Å²) >= 11 is 7.35. The first-order valence-electron chi connectivity index (χ1n) is 7.38. The van der Waals surface area contributed by atoms with Gasteiger partial charge in [0, 0.05) is 24.0 Å². The molecule has 2 aromatic heterocycles. The van der Waals surface area contributed by atoms with Crippen molar-refractivity contribution in [2.75, 3.05) is 0 Å². The average Bonchev–Trinajstić information content (AvgIpc) is 3.23. The largest absolute Gasteiger partial charge is 0.344 e. The Labute approximate surface area is 147 Å². The molecule has 0 saturated carbocycles. The Bertz CT molecular complexity index is 802. The number of nitrogens with one attached hydrogen (secondary N) is 1. The second kappa shape index (κ2) is 7.59. The lowest BCUT2D eigenvalue weighted by Crippen LogP contribution is -2.29. The summed E-state index contributed by atoms with van der Waals surface area (Å²) in [6, 6.07) is 9.75. The number of amides is 1. The molecule has 7 heteroatoms. The molecule has 0 spiro atoms. The van der Waals surface area contributed by atoms with E-state index < -0.39 is 0 Å². The van der Waals surface area contributed by atoms with Gasteiger partial charge in [-0.05, 0) is 29.1 Å². The molecule has 24 heavy (non-hydrogen) atoms. The maximum atomic E-state index is 13.2. The standard InChI is InChI=1S/C17H15ClFN3OS/c18-13-10-20-22(11-13)8-7-16(23)21-17(15-2-1-9-24-15)12-3-5-14(19)6-4-12/h1-6,9-11,17H,7-8H2,(H,21,23)/t17-/m0/s1. The third kappa shape index (κ3) is 4.21. The van der Waals surface area contributed by atoms with Crippen LogP contribution in [0.15, 0.2) is 54.2 Å². The maximum Gasteiger partial charge on any atom is 0.222 e. The summed E-state index contributed by atoms with van der Waals surface area (Å²) < 4.78 is 14.8. The minimum atomic E-state index is -0.300. The summed E-state index contributed by atoms with van der Waals surface area (Å²) in [7, 11) is 0. The number of thiophene rings is 1. The zero-order valence-corrected chi connectivity index (χ0v) is 14.2. The number of halogens is 2. The highest BCUT2D eigenvalue weighted by atomic mass is 35.5. The molecule has 1 atom stereocenters. The monoisotopic (exact) mass is 363 g/mol. The van der Waals surface area contributed by atoms with E-state index in [1.54, 1.807) is 34.3 Å². The van der Waals surface area contributed by atoms with Crippen LogP contribution in [0.2, 0.25) is 5.02 Å². The van der Waals surface area contributed by atoms with Crippen LogP contribution in [0.25, 0.3) is 0 Å². The summed E-state index contributed by atoms with van der Waals surface area (Å²) in [5, 5.41) is 9.55. The second-order valence-corrected chi connectivity index (χ2v) is 6.65. The fraction of sp³-hybridized carbons (Fsp3) is 0.176. The van der Waals surface area contributed by atoms with Crippen LogP contribution in [0, 0.1) is 5.82 Å². The van der Waals surface area contributed by atoms with Crippen molar-refractivity contribution < 1.29 is 9.18 Å². The van der Waals surface area contributed by atoms with Crippen molar-refractivity contribution in [1.29, 1.82) is 0 Å². The lowest BCUT2D eigenvalue weighted by atomic mass is 10.1.